The second-order valence-electron chi connectivity index (χ2n) is 5.19. The second-order valence-corrected chi connectivity index (χ2v) is 5.19. The van der Waals surface area contributed by atoms with E-state index in [1.54, 1.807) is 7.11 Å². The van der Waals surface area contributed by atoms with Crippen molar-refractivity contribution in [3.05, 3.63) is 23.8 Å². The van der Waals surface area contributed by atoms with Gasteiger partial charge in [-0.1, -0.05) is 6.07 Å². The summed E-state index contributed by atoms with van der Waals surface area (Å²) in [7, 11) is 3.79. The fourth-order valence-corrected chi connectivity index (χ4v) is 2.33. The SMILES string of the molecule is COc1cc(CCCCN)ccc1OC1CN(C)C1. The lowest BCUT2D eigenvalue weighted by atomic mass is 10.1. The third kappa shape index (κ3) is 3.85. The Kier molecular flexibility index (Phi) is 5.05. The highest BCUT2D eigenvalue weighted by atomic mass is 16.5. The number of methoxy groups -OCH3 is 1. The Labute approximate surface area is 115 Å². The van der Waals surface area contributed by atoms with Gasteiger partial charge in [0.15, 0.2) is 11.5 Å². The van der Waals surface area contributed by atoms with Crippen LogP contribution in [0.25, 0.3) is 0 Å². The minimum absolute atomic E-state index is 0.294. The number of benzene rings is 1. The molecule has 1 fully saturated rings. The predicted molar refractivity (Wildman–Crippen MR) is 76.9 cm³/mol. The monoisotopic (exact) mass is 264 g/mol. The Morgan fingerprint density at radius 3 is 2.68 bits per heavy atom. The van der Waals surface area contributed by atoms with Crippen molar-refractivity contribution in [3.63, 3.8) is 0 Å². The van der Waals surface area contributed by atoms with Gasteiger partial charge in [-0.25, -0.2) is 0 Å². The van der Waals surface area contributed by atoms with E-state index in [1.165, 1.54) is 5.56 Å². The standard InChI is InChI=1S/C15H24N2O2/c1-17-10-13(11-17)19-14-7-6-12(5-3-4-8-16)9-15(14)18-2/h6-7,9,13H,3-5,8,10-11,16H2,1-2H3. The summed E-state index contributed by atoms with van der Waals surface area (Å²) in [5.74, 6) is 1.68. The van der Waals surface area contributed by atoms with E-state index < -0.39 is 0 Å². The van der Waals surface area contributed by atoms with Crippen LogP contribution in [0.2, 0.25) is 0 Å². The molecule has 19 heavy (non-hydrogen) atoms. The molecule has 1 aliphatic heterocycles. The highest BCUT2D eigenvalue weighted by Crippen LogP contribution is 2.30. The third-order valence-corrected chi connectivity index (χ3v) is 3.47. The maximum atomic E-state index is 5.94. The van der Waals surface area contributed by atoms with E-state index in [-0.39, 0.29) is 0 Å². The van der Waals surface area contributed by atoms with Crippen LogP contribution in [0.1, 0.15) is 18.4 Å². The molecule has 0 aromatic heterocycles. The highest BCUT2D eigenvalue weighted by Gasteiger charge is 2.25. The molecule has 0 amide bonds. The van der Waals surface area contributed by atoms with E-state index in [4.69, 9.17) is 15.2 Å². The smallest absolute Gasteiger partial charge is 0.161 e. The van der Waals surface area contributed by atoms with Crippen molar-refractivity contribution in [3.8, 4) is 11.5 Å². The van der Waals surface area contributed by atoms with Gasteiger partial charge in [0.25, 0.3) is 0 Å². The summed E-state index contributed by atoms with van der Waals surface area (Å²) < 4.78 is 11.4. The zero-order valence-electron chi connectivity index (χ0n) is 11.9. The number of unbranched alkanes of at least 4 members (excludes halogenated alkanes) is 1. The molecule has 1 aromatic rings. The molecule has 1 saturated heterocycles. The number of rotatable bonds is 7. The molecule has 1 heterocycles. The first kappa shape index (κ1) is 14.2. The van der Waals surface area contributed by atoms with Gasteiger partial charge in [0.05, 0.1) is 7.11 Å². The lowest BCUT2D eigenvalue weighted by Gasteiger charge is -2.36. The number of nitrogens with zero attached hydrogens (tertiary/aromatic N) is 1. The van der Waals surface area contributed by atoms with Crippen LogP contribution in [-0.2, 0) is 6.42 Å². The quantitative estimate of drug-likeness (QED) is 0.761. The Bertz CT molecular complexity index is 403. The molecule has 106 valence electrons. The van der Waals surface area contributed by atoms with Crippen molar-refractivity contribution in [1.29, 1.82) is 0 Å². The van der Waals surface area contributed by atoms with Crippen LogP contribution in [0.4, 0.5) is 0 Å². The average molecular weight is 264 g/mol. The molecule has 0 saturated carbocycles. The first-order valence-corrected chi connectivity index (χ1v) is 6.95. The molecule has 0 unspecified atom stereocenters. The predicted octanol–water partition coefficient (Wildman–Crippen LogP) is 1.67. The molecule has 0 spiro atoms. The molecule has 0 aliphatic carbocycles. The largest absolute Gasteiger partial charge is 0.493 e. The molecule has 2 rings (SSSR count). The summed E-state index contributed by atoms with van der Waals surface area (Å²) in [6.07, 6.45) is 3.52. The molecular weight excluding hydrogens is 240 g/mol. The number of likely N-dealkylation sites (N-methyl/N-ethyl adjacent to an activating group) is 1. The van der Waals surface area contributed by atoms with Crippen molar-refractivity contribution >= 4 is 0 Å². The van der Waals surface area contributed by atoms with Gasteiger partial charge in [-0.2, -0.15) is 0 Å². The molecule has 1 aromatic carbocycles. The minimum Gasteiger partial charge on any atom is -0.493 e. The average Bonchev–Trinajstić information content (AvgIpc) is 2.38. The molecule has 0 radical (unpaired) electrons. The minimum atomic E-state index is 0.294. The van der Waals surface area contributed by atoms with Crippen molar-refractivity contribution in [2.75, 3.05) is 33.8 Å². The van der Waals surface area contributed by atoms with Crippen LogP contribution in [0.5, 0.6) is 11.5 Å². The maximum absolute atomic E-state index is 5.94. The van der Waals surface area contributed by atoms with Gasteiger partial charge in [0.1, 0.15) is 6.10 Å². The number of nitrogens with two attached hydrogens (primary N) is 1. The third-order valence-electron chi connectivity index (χ3n) is 3.47. The van der Waals surface area contributed by atoms with Gasteiger partial charge in [-0.3, -0.25) is 4.90 Å². The van der Waals surface area contributed by atoms with E-state index in [0.717, 1.165) is 50.4 Å². The van der Waals surface area contributed by atoms with Gasteiger partial charge in [0.2, 0.25) is 0 Å². The van der Waals surface area contributed by atoms with Crippen LogP contribution in [-0.4, -0.2) is 44.8 Å². The Morgan fingerprint density at radius 1 is 1.26 bits per heavy atom. The first-order valence-electron chi connectivity index (χ1n) is 6.95. The summed E-state index contributed by atoms with van der Waals surface area (Å²) in [4.78, 5) is 2.23. The number of aryl methyl sites for hydroxylation is 1. The van der Waals surface area contributed by atoms with Gasteiger partial charge < -0.3 is 15.2 Å². The van der Waals surface area contributed by atoms with E-state index in [9.17, 15) is 0 Å². The lowest BCUT2D eigenvalue weighted by Crippen LogP contribution is -2.51. The van der Waals surface area contributed by atoms with Gasteiger partial charge in [-0.05, 0) is 50.6 Å². The summed E-state index contributed by atoms with van der Waals surface area (Å²) in [5, 5.41) is 0. The molecule has 2 N–H and O–H groups in total. The topological polar surface area (TPSA) is 47.7 Å². The Morgan fingerprint density at radius 2 is 2.05 bits per heavy atom. The number of hydrogen-bond acceptors (Lipinski definition) is 4. The molecule has 0 atom stereocenters. The number of ether oxygens (including phenoxy) is 2. The summed E-state index contributed by atoms with van der Waals surface area (Å²) in [6.45, 7) is 2.73. The Balaban J connectivity index is 1.95. The molecule has 1 aliphatic rings. The van der Waals surface area contributed by atoms with Gasteiger partial charge in [-0.15, -0.1) is 0 Å². The summed E-state index contributed by atoms with van der Waals surface area (Å²) in [6, 6.07) is 6.22. The molecular formula is C15H24N2O2. The molecule has 0 bridgehead atoms. The Hall–Kier alpha value is -1.26. The van der Waals surface area contributed by atoms with Crippen molar-refractivity contribution in [2.45, 2.75) is 25.4 Å². The molecule has 4 heteroatoms. The molecule has 4 nitrogen and oxygen atoms in total. The second kappa shape index (κ2) is 6.78. The van der Waals surface area contributed by atoms with E-state index >= 15 is 0 Å². The zero-order chi connectivity index (χ0) is 13.7. The summed E-state index contributed by atoms with van der Waals surface area (Å²) in [5.41, 5.74) is 6.79. The van der Waals surface area contributed by atoms with Crippen LogP contribution in [0, 0.1) is 0 Å². The van der Waals surface area contributed by atoms with E-state index in [2.05, 4.69) is 24.1 Å². The van der Waals surface area contributed by atoms with E-state index in [0.29, 0.717) is 6.10 Å². The fraction of sp³-hybridized carbons (Fsp3) is 0.600. The maximum Gasteiger partial charge on any atom is 0.161 e. The van der Waals surface area contributed by atoms with Crippen LogP contribution < -0.4 is 15.2 Å². The first-order chi connectivity index (χ1) is 9.22. The van der Waals surface area contributed by atoms with Crippen molar-refractivity contribution in [1.82, 2.24) is 4.90 Å². The van der Waals surface area contributed by atoms with Crippen molar-refractivity contribution < 1.29 is 9.47 Å². The van der Waals surface area contributed by atoms with Crippen molar-refractivity contribution in [2.24, 2.45) is 5.73 Å². The van der Waals surface area contributed by atoms with Crippen LogP contribution >= 0.6 is 0 Å². The highest BCUT2D eigenvalue weighted by molar-refractivity contribution is 5.43. The lowest BCUT2D eigenvalue weighted by molar-refractivity contribution is 0.0369. The number of hydrogen-bond donors (Lipinski definition) is 1. The van der Waals surface area contributed by atoms with Crippen LogP contribution in [0.3, 0.4) is 0 Å². The zero-order valence-corrected chi connectivity index (χ0v) is 11.9. The van der Waals surface area contributed by atoms with Gasteiger partial charge in [0, 0.05) is 13.1 Å². The van der Waals surface area contributed by atoms with Gasteiger partial charge >= 0.3 is 0 Å². The normalized spacial score (nSPS) is 16.2. The fourth-order valence-electron chi connectivity index (χ4n) is 2.33. The van der Waals surface area contributed by atoms with Crippen LogP contribution in [0.15, 0.2) is 18.2 Å². The van der Waals surface area contributed by atoms with E-state index in [1.807, 2.05) is 6.07 Å². The number of likely N-dealkylation sites (tertiary alicyclic amines) is 1. The summed E-state index contributed by atoms with van der Waals surface area (Å²) >= 11 is 0.